The SMILES string of the molecule is C=CCCOC(=O)[C@H]1[C@H]2C(=O)N([C@H](C)CO)C(C(=O)N(CC=C)c3c(C)cccc3C)C23CC[C@]1(C)S3. The Morgan fingerprint density at radius 2 is 1.95 bits per heavy atom. The first-order chi connectivity index (χ1) is 17.6. The highest BCUT2D eigenvalue weighted by Crippen LogP contribution is 2.71. The maximum atomic E-state index is 14.6. The van der Waals surface area contributed by atoms with Gasteiger partial charge in [0.2, 0.25) is 5.91 Å². The number of rotatable bonds is 10. The van der Waals surface area contributed by atoms with Crippen molar-refractivity contribution < 1.29 is 24.2 Å². The normalized spacial score (nSPS) is 30.7. The van der Waals surface area contributed by atoms with Crippen molar-refractivity contribution in [3.63, 3.8) is 0 Å². The third-order valence-electron chi connectivity index (χ3n) is 8.29. The number of esters is 1. The van der Waals surface area contributed by atoms with E-state index in [0.717, 1.165) is 16.8 Å². The van der Waals surface area contributed by atoms with Crippen LogP contribution < -0.4 is 4.90 Å². The van der Waals surface area contributed by atoms with Gasteiger partial charge in [0, 0.05) is 17.0 Å². The van der Waals surface area contributed by atoms with Crippen molar-refractivity contribution >= 4 is 35.2 Å². The predicted molar refractivity (Wildman–Crippen MR) is 146 cm³/mol. The fourth-order valence-electron chi connectivity index (χ4n) is 6.70. The summed E-state index contributed by atoms with van der Waals surface area (Å²) < 4.78 is 4.32. The van der Waals surface area contributed by atoms with Crippen LogP contribution in [-0.4, -0.2) is 69.1 Å². The van der Waals surface area contributed by atoms with Crippen LogP contribution in [0.5, 0.6) is 0 Å². The lowest BCUT2D eigenvalue weighted by Crippen LogP contribution is -2.57. The van der Waals surface area contributed by atoms with Gasteiger partial charge in [0.1, 0.15) is 6.04 Å². The van der Waals surface area contributed by atoms with Crippen LogP contribution in [0.1, 0.15) is 44.2 Å². The molecule has 0 aliphatic carbocycles. The largest absolute Gasteiger partial charge is 0.465 e. The van der Waals surface area contributed by atoms with Crippen molar-refractivity contribution in [3.05, 3.63) is 54.6 Å². The molecule has 0 saturated carbocycles. The quantitative estimate of drug-likeness (QED) is 0.284. The van der Waals surface area contributed by atoms with Gasteiger partial charge in [-0.2, -0.15) is 0 Å². The monoisotopic (exact) mass is 526 g/mol. The second-order valence-electron chi connectivity index (χ2n) is 10.7. The number of ether oxygens (including phenoxy) is 1. The van der Waals surface area contributed by atoms with Crippen LogP contribution in [-0.2, 0) is 19.1 Å². The minimum atomic E-state index is -0.816. The maximum Gasteiger partial charge on any atom is 0.311 e. The molecule has 2 amide bonds. The first-order valence-corrected chi connectivity index (χ1v) is 13.8. The molecule has 0 aromatic heterocycles. The molecule has 3 heterocycles. The van der Waals surface area contributed by atoms with E-state index in [9.17, 15) is 19.5 Å². The molecule has 6 atom stereocenters. The third-order valence-corrected chi connectivity index (χ3v) is 10.3. The average molecular weight is 527 g/mol. The first-order valence-electron chi connectivity index (χ1n) is 13.0. The van der Waals surface area contributed by atoms with E-state index in [-0.39, 0.29) is 37.5 Å². The average Bonchev–Trinajstić information content (AvgIpc) is 3.43. The smallest absolute Gasteiger partial charge is 0.311 e. The molecule has 3 saturated heterocycles. The lowest BCUT2D eigenvalue weighted by Gasteiger charge is -2.39. The van der Waals surface area contributed by atoms with E-state index < -0.39 is 33.4 Å². The number of nitrogens with zero attached hydrogens (tertiary/aromatic N) is 2. The number of aryl methyl sites for hydroxylation is 2. The summed E-state index contributed by atoms with van der Waals surface area (Å²) in [4.78, 5) is 45.4. The topological polar surface area (TPSA) is 87.1 Å². The number of para-hydroxylation sites is 1. The molecule has 7 nitrogen and oxygen atoms in total. The molecule has 8 heteroatoms. The van der Waals surface area contributed by atoms with Gasteiger partial charge in [-0.25, -0.2) is 0 Å². The van der Waals surface area contributed by atoms with E-state index in [1.165, 1.54) is 0 Å². The van der Waals surface area contributed by atoms with E-state index >= 15 is 0 Å². The summed E-state index contributed by atoms with van der Waals surface area (Å²) in [5.41, 5.74) is 2.71. The Morgan fingerprint density at radius 3 is 2.54 bits per heavy atom. The minimum Gasteiger partial charge on any atom is -0.465 e. The van der Waals surface area contributed by atoms with Crippen LogP contribution in [0.2, 0.25) is 0 Å². The number of hydrogen-bond acceptors (Lipinski definition) is 6. The highest BCUT2D eigenvalue weighted by Gasteiger charge is 2.78. The molecule has 1 N–H and O–H groups in total. The van der Waals surface area contributed by atoms with Crippen molar-refractivity contribution in [2.24, 2.45) is 11.8 Å². The van der Waals surface area contributed by atoms with Gasteiger partial charge in [0.15, 0.2) is 0 Å². The van der Waals surface area contributed by atoms with Crippen LogP contribution >= 0.6 is 11.8 Å². The minimum absolute atomic E-state index is 0.203. The van der Waals surface area contributed by atoms with Gasteiger partial charge in [-0.15, -0.1) is 24.9 Å². The maximum absolute atomic E-state index is 14.6. The summed E-state index contributed by atoms with van der Waals surface area (Å²) in [6.45, 7) is 15.5. The van der Waals surface area contributed by atoms with Crippen LogP contribution in [0.25, 0.3) is 0 Å². The standard InChI is InChI=1S/C29H38N2O5S/c1-7-9-16-36-27(35)22-21-25(33)31(20(5)17-32)24(29(21)14-13-28(22,6)37-29)26(34)30(15-8-2)23-18(3)11-10-12-19(23)4/h7-8,10-12,20-22,24,32H,1-2,9,13-17H2,3-6H3/t20-,21+,22-,24?,28+,29?/m1/s1. The second-order valence-corrected chi connectivity index (χ2v) is 12.6. The van der Waals surface area contributed by atoms with Crippen molar-refractivity contribution in [1.82, 2.24) is 4.90 Å². The summed E-state index contributed by atoms with van der Waals surface area (Å²) in [7, 11) is 0. The van der Waals surface area contributed by atoms with Gasteiger partial charge in [-0.05, 0) is 58.1 Å². The Hall–Kier alpha value is -2.58. The van der Waals surface area contributed by atoms with Crippen LogP contribution in [0.15, 0.2) is 43.5 Å². The van der Waals surface area contributed by atoms with Crippen molar-refractivity contribution in [1.29, 1.82) is 0 Å². The van der Waals surface area contributed by atoms with Gasteiger partial charge in [-0.3, -0.25) is 14.4 Å². The summed E-state index contributed by atoms with van der Waals surface area (Å²) in [6.07, 6.45) is 5.26. The second kappa shape index (κ2) is 10.3. The Balaban J connectivity index is 1.81. The van der Waals surface area contributed by atoms with Crippen LogP contribution in [0, 0.1) is 25.7 Å². The number of anilines is 1. The molecule has 2 unspecified atom stereocenters. The van der Waals surface area contributed by atoms with Crippen LogP contribution in [0.4, 0.5) is 5.69 Å². The zero-order chi connectivity index (χ0) is 27.1. The van der Waals surface area contributed by atoms with Gasteiger partial charge < -0.3 is 19.6 Å². The highest BCUT2D eigenvalue weighted by atomic mass is 32.2. The lowest BCUT2D eigenvalue weighted by molar-refractivity contribution is -0.155. The highest BCUT2D eigenvalue weighted by molar-refractivity contribution is 8.02. The van der Waals surface area contributed by atoms with Gasteiger partial charge in [-0.1, -0.05) is 30.4 Å². The van der Waals surface area contributed by atoms with E-state index in [0.29, 0.717) is 19.3 Å². The lowest BCUT2D eigenvalue weighted by atomic mass is 9.66. The summed E-state index contributed by atoms with van der Waals surface area (Å²) >= 11 is 1.60. The van der Waals surface area contributed by atoms with E-state index in [1.54, 1.807) is 40.6 Å². The Bertz CT molecular complexity index is 1100. The van der Waals surface area contributed by atoms with Gasteiger partial charge in [0.25, 0.3) is 5.91 Å². The fourth-order valence-corrected chi connectivity index (χ4v) is 9.02. The van der Waals surface area contributed by atoms with E-state index in [4.69, 9.17) is 4.74 Å². The molecule has 1 aromatic carbocycles. The van der Waals surface area contributed by atoms with Crippen molar-refractivity contribution in [2.45, 2.75) is 68.5 Å². The Labute approximate surface area is 223 Å². The molecule has 2 bridgehead atoms. The molecule has 37 heavy (non-hydrogen) atoms. The predicted octanol–water partition coefficient (Wildman–Crippen LogP) is 3.80. The van der Waals surface area contributed by atoms with E-state index in [2.05, 4.69) is 13.2 Å². The van der Waals surface area contributed by atoms with Crippen molar-refractivity contribution in [3.8, 4) is 0 Å². The number of carbonyl (C=O) groups excluding carboxylic acids is 3. The molecule has 3 aliphatic rings. The first kappa shape index (κ1) is 27.5. The molecule has 4 rings (SSSR count). The molecule has 3 aliphatic heterocycles. The zero-order valence-corrected chi connectivity index (χ0v) is 23.1. The summed E-state index contributed by atoms with van der Waals surface area (Å²) in [5.74, 6) is -2.17. The number of carbonyl (C=O) groups is 3. The number of hydrogen-bond donors (Lipinski definition) is 1. The number of amides is 2. The molecular formula is C29H38N2O5S. The molecule has 3 fully saturated rings. The molecule has 1 aromatic rings. The van der Waals surface area contributed by atoms with Crippen molar-refractivity contribution in [2.75, 3.05) is 24.7 Å². The fraction of sp³-hybridized carbons (Fsp3) is 0.552. The number of thioether (sulfide) groups is 1. The number of aliphatic hydroxyl groups excluding tert-OH is 1. The number of likely N-dealkylation sites (tertiary alicyclic amines) is 1. The van der Waals surface area contributed by atoms with E-state index in [1.807, 2.05) is 39.0 Å². The van der Waals surface area contributed by atoms with Gasteiger partial charge >= 0.3 is 5.97 Å². The molecule has 1 spiro atoms. The molecule has 200 valence electrons. The number of benzene rings is 1. The Kier molecular flexibility index (Phi) is 7.64. The number of aliphatic hydroxyl groups is 1. The molecule has 0 radical (unpaired) electrons. The summed E-state index contributed by atoms with van der Waals surface area (Å²) in [5, 5.41) is 10.1. The Morgan fingerprint density at radius 1 is 1.27 bits per heavy atom. The van der Waals surface area contributed by atoms with Gasteiger partial charge in [0.05, 0.1) is 35.8 Å². The zero-order valence-electron chi connectivity index (χ0n) is 22.2. The third kappa shape index (κ3) is 4.22. The van der Waals surface area contributed by atoms with Crippen LogP contribution in [0.3, 0.4) is 0 Å². The molecular weight excluding hydrogens is 488 g/mol. The number of fused-ring (bicyclic) bond motifs is 1. The summed E-state index contributed by atoms with van der Waals surface area (Å²) in [6, 6.07) is 4.50.